The first kappa shape index (κ1) is 14.3. The average molecular weight is 295 g/mol. The summed E-state index contributed by atoms with van der Waals surface area (Å²) in [5.74, 6) is -0.263. The Morgan fingerprint density at radius 2 is 1.55 bits per heavy atom. The zero-order chi connectivity index (χ0) is 14.7. The number of ether oxygens (including phenoxy) is 2. The molecule has 2 rings (SSSR count). The van der Waals surface area contributed by atoms with Gasteiger partial charge in [-0.15, -0.1) is 0 Å². The van der Waals surface area contributed by atoms with Crippen molar-refractivity contribution in [3.8, 4) is 11.5 Å². The third kappa shape index (κ3) is 2.75. The number of carbonyl (C=O) groups excluding carboxylic acids is 1. The molecule has 0 bridgehead atoms. The molecule has 0 fully saturated rings. The predicted molar refractivity (Wildman–Crippen MR) is 74.4 cm³/mol. The Labute approximate surface area is 120 Å². The lowest BCUT2D eigenvalue weighted by Gasteiger charge is -2.08. The quantitative estimate of drug-likeness (QED) is 0.806. The fourth-order valence-electron chi connectivity index (χ4n) is 1.76. The van der Waals surface area contributed by atoms with E-state index in [2.05, 4.69) is 0 Å². The van der Waals surface area contributed by atoms with E-state index in [0.717, 1.165) is 6.07 Å². The minimum absolute atomic E-state index is 0.0575. The Kier molecular flexibility index (Phi) is 4.25. The van der Waals surface area contributed by atoms with Crippen LogP contribution >= 0.6 is 11.6 Å². The predicted octanol–water partition coefficient (Wildman–Crippen LogP) is 3.73. The van der Waals surface area contributed by atoms with Gasteiger partial charge in [0.1, 0.15) is 17.3 Å². The highest BCUT2D eigenvalue weighted by Crippen LogP contribution is 2.26. The van der Waals surface area contributed by atoms with Crippen LogP contribution in [0.4, 0.5) is 4.39 Å². The third-order valence-corrected chi connectivity index (χ3v) is 3.15. The number of halogens is 2. The van der Waals surface area contributed by atoms with Gasteiger partial charge in [0.25, 0.3) is 0 Å². The van der Waals surface area contributed by atoms with Gasteiger partial charge in [0.2, 0.25) is 0 Å². The van der Waals surface area contributed by atoms with Gasteiger partial charge in [0.15, 0.2) is 5.78 Å². The maximum Gasteiger partial charge on any atom is 0.197 e. The first-order valence-electron chi connectivity index (χ1n) is 5.78. The third-order valence-electron chi connectivity index (χ3n) is 2.84. The second kappa shape index (κ2) is 5.92. The summed E-state index contributed by atoms with van der Waals surface area (Å²) in [6.07, 6.45) is 0. The molecule has 0 aromatic heterocycles. The summed E-state index contributed by atoms with van der Waals surface area (Å²) >= 11 is 6.02. The molecule has 0 spiro atoms. The minimum atomic E-state index is -0.652. The van der Waals surface area contributed by atoms with Gasteiger partial charge in [-0.2, -0.15) is 0 Å². The Morgan fingerprint density at radius 3 is 2.05 bits per heavy atom. The highest BCUT2D eigenvalue weighted by atomic mass is 35.5. The van der Waals surface area contributed by atoms with E-state index in [1.807, 2.05) is 0 Å². The summed E-state index contributed by atoms with van der Waals surface area (Å²) < 4.78 is 23.8. The van der Waals surface area contributed by atoms with Crippen molar-refractivity contribution in [1.82, 2.24) is 0 Å². The van der Waals surface area contributed by atoms with E-state index < -0.39 is 11.6 Å². The van der Waals surface area contributed by atoms with Gasteiger partial charge in [-0.05, 0) is 30.3 Å². The summed E-state index contributed by atoms with van der Waals surface area (Å²) in [7, 11) is 2.92. The fourth-order valence-corrected chi connectivity index (χ4v) is 2.02. The lowest BCUT2D eigenvalue weighted by molar-refractivity contribution is 0.103. The van der Waals surface area contributed by atoms with Crippen molar-refractivity contribution in [2.45, 2.75) is 0 Å². The summed E-state index contributed by atoms with van der Waals surface area (Å²) in [4.78, 5) is 12.3. The van der Waals surface area contributed by atoms with E-state index in [1.165, 1.54) is 38.5 Å². The van der Waals surface area contributed by atoms with Gasteiger partial charge < -0.3 is 9.47 Å². The molecule has 0 N–H and O–H groups in total. The molecule has 0 aliphatic heterocycles. The molecule has 0 aliphatic carbocycles. The van der Waals surface area contributed by atoms with Crippen LogP contribution in [0.5, 0.6) is 11.5 Å². The summed E-state index contributed by atoms with van der Waals surface area (Å²) in [5.41, 5.74) is 0.161. The number of benzene rings is 2. The van der Waals surface area contributed by atoms with Crippen LogP contribution in [0.1, 0.15) is 15.9 Å². The van der Waals surface area contributed by atoms with Gasteiger partial charge in [-0.25, -0.2) is 4.39 Å². The topological polar surface area (TPSA) is 35.5 Å². The van der Waals surface area contributed by atoms with Gasteiger partial charge >= 0.3 is 0 Å². The van der Waals surface area contributed by atoms with E-state index >= 15 is 0 Å². The molecule has 0 aliphatic rings. The van der Waals surface area contributed by atoms with Gasteiger partial charge in [-0.1, -0.05) is 11.6 Å². The van der Waals surface area contributed by atoms with Crippen molar-refractivity contribution in [1.29, 1.82) is 0 Å². The van der Waals surface area contributed by atoms with Crippen molar-refractivity contribution in [3.63, 3.8) is 0 Å². The van der Waals surface area contributed by atoms with Gasteiger partial charge in [0.05, 0.1) is 24.8 Å². The van der Waals surface area contributed by atoms with E-state index in [0.29, 0.717) is 11.5 Å². The largest absolute Gasteiger partial charge is 0.497 e. The van der Waals surface area contributed by atoms with Gasteiger partial charge in [0, 0.05) is 11.6 Å². The summed E-state index contributed by atoms with van der Waals surface area (Å²) in [6.45, 7) is 0. The zero-order valence-electron chi connectivity index (χ0n) is 10.9. The molecule has 2 aromatic carbocycles. The van der Waals surface area contributed by atoms with E-state index in [4.69, 9.17) is 21.1 Å². The molecule has 0 atom stereocenters. The molecule has 104 valence electrons. The molecule has 2 aromatic rings. The Hall–Kier alpha value is -2.07. The SMILES string of the molecule is COc1ccc(C(=O)c2ccc(OC)cc2Cl)c(F)c1. The number of hydrogen-bond acceptors (Lipinski definition) is 3. The van der Waals surface area contributed by atoms with Crippen LogP contribution in [0, 0.1) is 5.82 Å². The van der Waals surface area contributed by atoms with Crippen LogP contribution in [0.2, 0.25) is 5.02 Å². The first-order chi connectivity index (χ1) is 9.56. The van der Waals surface area contributed by atoms with Crippen molar-refractivity contribution in [3.05, 3.63) is 58.4 Å². The number of carbonyl (C=O) groups is 1. The first-order valence-corrected chi connectivity index (χ1v) is 6.16. The number of rotatable bonds is 4. The monoisotopic (exact) mass is 294 g/mol. The normalized spacial score (nSPS) is 10.2. The highest BCUT2D eigenvalue weighted by molar-refractivity contribution is 6.35. The molecule has 5 heteroatoms. The number of ketones is 1. The molecule has 0 radical (unpaired) electrons. The Morgan fingerprint density at radius 1 is 1.00 bits per heavy atom. The second-order valence-electron chi connectivity index (χ2n) is 4.02. The molecule has 0 heterocycles. The Balaban J connectivity index is 2.41. The minimum Gasteiger partial charge on any atom is -0.497 e. The second-order valence-corrected chi connectivity index (χ2v) is 4.43. The van der Waals surface area contributed by atoms with Crippen LogP contribution < -0.4 is 9.47 Å². The number of hydrogen-bond donors (Lipinski definition) is 0. The maximum atomic E-state index is 13.9. The van der Waals surface area contributed by atoms with E-state index in [-0.39, 0.29) is 16.1 Å². The van der Waals surface area contributed by atoms with Crippen molar-refractivity contribution in [2.75, 3.05) is 14.2 Å². The van der Waals surface area contributed by atoms with E-state index in [1.54, 1.807) is 6.07 Å². The molecule has 0 unspecified atom stereocenters. The van der Waals surface area contributed by atoms with Crippen LogP contribution in [-0.2, 0) is 0 Å². The molecule has 0 saturated heterocycles. The highest BCUT2D eigenvalue weighted by Gasteiger charge is 2.17. The maximum absolute atomic E-state index is 13.9. The van der Waals surface area contributed by atoms with Crippen molar-refractivity contribution >= 4 is 17.4 Å². The molecule has 0 amide bonds. The van der Waals surface area contributed by atoms with Crippen LogP contribution in [-0.4, -0.2) is 20.0 Å². The average Bonchev–Trinajstić information content (AvgIpc) is 2.46. The van der Waals surface area contributed by atoms with Crippen LogP contribution in [0.3, 0.4) is 0 Å². The van der Waals surface area contributed by atoms with Crippen molar-refractivity contribution in [2.24, 2.45) is 0 Å². The van der Waals surface area contributed by atoms with Crippen LogP contribution in [0.25, 0.3) is 0 Å². The molecule has 20 heavy (non-hydrogen) atoms. The molecular formula is C15H12ClFO3. The lowest BCUT2D eigenvalue weighted by atomic mass is 10.0. The van der Waals surface area contributed by atoms with Crippen LogP contribution in [0.15, 0.2) is 36.4 Å². The smallest absolute Gasteiger partial charge is 0.197 e. The van der Waals surface area contributed by atoms with Crippen molar-refractivity contribution < 1.29 is 18.7 Å². The Bertz CT molecular complexity index is 600. The molecule has 3 nitrogen and oxygen atoms in total. The van der Waals surface area contributed by atoms with Gasteiger partial charge in [-0.3, -0.25) is 4.79 Å². The molecule has 0 saturated carbocycles. The number of methoxy groups -OCH3 is 2. The standard InChI is InChI=1S/C15H12ClFO3/c1-19-9-3-5-11(13(16)7-9)15(18)12-6-4-10(20-2)8-14(12)17/h3-8H,1-2H3. The van der Waals surface area contributed by atoms with E-state index in [9.17, 15) is 9.18 Å². The summed E-state index contributed by atoms with van der Waals surface area (Å²) in [6, 6.07) is 8.67. The fraction of sp³-hybridized carbons (Fsp3) is 0.133. The zero-order valence-corrected chi connectivity index (χ0v) is 11.7. The summed E-state index contributed by atoms with van der Waals surface area (Å²) in [5, 5.41) is 0.213. The lowest BCUT2D eigenvalue weighted by Crippen LogP contribution is -2.05. The molecular weight excluding hydrogens is 283 g/mol.